The van der Waals surface area contributed by atoms with E-state index in [4.69, 9.17) is 4.74 Å². The Morgan fingerprint density at radius 2 is 2.36 bits per heavy atom. The number of sulfone groups is 1. The van der Waals surface area contributed by atoms with E-state index in [1.807, 2.05) is 18.2 Å². The summed E-state index contributed by atoms with van der Waals surface area (Å²) in [6.45, 7) is 1.87. The first kappa shape index (κ1) is 16.5. The van der Waals surface area contributed by atoms with E-state index in [0.717, 1.165) is 13.0 Å². The van der Waals surface area contributed by atoms with Crippen LogP contribution < -0.4 is 10.1 Å². The van der Waals surface area contributed by atoms with Crippen LogP contribution in [0.25, 0.3) is 0 Å². The highest BCUT2D eigenvalue weighted by molar-refractivity contribution is 7.90. The van der Waals surface area contributed by atoms with Crippen LogP contribution in [0.1, 0.15) is 6.42 Å². The first-order chi connectivity index (χ1) is 10.5. The molecule has 1 atom stereocenters. The van der Waals surface area contributed by atoms with Crippen molar-refractivity contribution in [3.63, 3.8) is 0 Å². The lowest BCUT2D eigenvalue weighted by atomic mass is 10.3. The monoisotopic (exact) mass is 326 g/mol. The maximum Gasteiger partial charge on any atom is 0.213 e. The van der Waals surface area contributed by atoms with Gasteiger partial charge in [0.15, 0.2) is 5.96 Å². The van der Waals surface area contributed by atoms with E-state index in [1.54, 1.807) is 13.2 Å². The first-order valence-electron chi connectivity index (χ1n) is 7.19. The number of nitrogens with one attached hydrogen (secondary N) is 1. The summed E-state index contributed by atoms with van der Waals surface area (Å²) in [5.41, 5.74) is 0. The molecule has 2 heterocycles. The van der Waals surface area contributed by atoms with Crippen molar-refractivity contribution in [2.45, 2.75) is 12.5 Å². The maximum absolute atomic E-state index is 11.2. The van der Waals surface area contributed by atoms with Crippen LogP contribution in [-0.2, 0) is 9.84 Å². The van der Waals surface area contributed by atoms with Crippen LogP contribution in [0.2, 0.25) is 0 Å². The number of aromatic nitrogens is 1. The highest BCUT2D eigenvalue weighted by Gasteiger charge is 2.26. The lowest BCUT2D eigenvalue weighted by molar-refractivity contribution is 0.205. The van der Waals surface area contributed by atoms with Gasteiger partial charge in [-0.25, -0.2) is 13.4 Å². The molecule has 1 aliphatic heterocycles. The third kappa shape index (κ3) is 5.18. The number of aliphatic imine (C=N–C) groups is 1. The molecule has 1 aliphatic rings. The molecule has 22 heavy (non-hydrogen) atoms. The molecule has 0 amide bonds. The molecule has 7 nitrogen and oxygen atoms in total. The highest BCUT2D eigenvalue weighted by atomic mass is 32.2. The summed E-state index contributed by atoms with van der Waals surface area (Å²) in [4.78, 5) is 10.4. The number of nitrogens with zero attached hydrogens (tertiary/aromatic N) is 3. The largest absolute Gasteiger partial charge is 0.472 e. The molecule has 1 fully saturated rings. The Hall–Kier alpha value is -1.83. The minimum atomic E-state index is -2.97. The van der Waals surface area contributed by atoms with Gasteiger partial charge in [-0.1, -0.05) is 6.07 Å². The van der Waals surface area contributed by atoms with Crippen molar-refractivity contribution >= 4 is 15.8 Å². The van der Waals surface area contributed by atoms with Gasteiger partial charge < -0.3 is 15.0 Å². The number of pyridine rings is 1. The standard InChI is InChI=1S/C14H22N4O3S/c1-15-14(17-8-10-22(2,19)20)18-9-6-12(11-18)21-13-5-3-4-7-16-13/h3-5,7,12H,6,8-11H2,1-2H3,(H,15,17). The normalized spacial score (nSPS) is 19.3. The van der Waals surface area contributed by atoms with E-state index in [2.05, 4.69) is 20.2 Å². The van der Waals surface area contributed by atoms with Crippen molar-refractivity contribution in [1.29, 1.82) is 0 Å². The molecule has 0 saturated carbocycles. The summed E-state index contributed by atoms with van der Waals surface area (Å²) in [6.07, 6.45) is 3.87. The van der Waals surface area contributed by atoms with E-state index >= 15 is 0 Å². The van der Waals surface area contributed by atoms with Gasteiger partial charge in [0.1, 0.15) is 15.9 Å². The molecular formula is C14H22N4O3S. The smallest absolute Gasteiger partial charge is 0.213 e. The fourth-order valence-corrected chi connectivity index (χ4v) is 2.76. The van der Waals surface area contributed by atoms with Gasteiger partial charge in [0.25, 0.3) is 0 Å². The van der Waals surface area contributed by atoms with E-state index in [0.29, 0.717) is 24.9 Å². The van der Waals surface area contributed by atoms with E-state index in [9.17, 15) is 8.42 Å². The highest BCUT2D eigenvalue weighted by Crippen LogP contribution is 2.16. The van der Waals surface area contributed by atoms with Gasteiger partial charge in [0.05, 0.1) is 12.3 Å². The molecule has 0 bridgehead atoms. The summed E-state index contributed by atoms with van der Waals surface area (Å²) >= 11 is 0. The molecule has 1 N–H and O–H groups in total. The third-order valence-corrected chi connectivity index (χ3v) is 4.28. The molecule has 1 aromatic heterocycles. The van der Waals surface area contributed by atoms with Crippen LogP contribution in [0.4, 0.5) is 0 Å². The topological polar surface area (TPSA) is 83.9 Å². The molecule has 1 aromatic rings. The minimum absolute atomic E-state index is 0.0587. The number of likely N-dealkylation sites (tertiary alicyclic amines) is 1. The van der Waals surface area contributed by atoms with Crippen LogP contribution in [0.5, 0.6) is 5.88 Å². The average molecular weight is 326 g/mol. The summed E-state index contributed by atoms with van der Waals surface area (Å²) in [6, 6.07) is 5.57. The molecule has 0 aromatic carbocycles. The average Bonchev–Trinajstić information content (AvgIpc) is 2.92. The van der Waals surface area contributed by atoms with Gasteiger partial charge in [0.2, 0.25) is 5.88 Å². The van der Waals surface area contributed by atoms with E-state index in [-0.39, 0.29) is 11.9 Å². The van der Waals surface area contributed by atoms with E-state index in [1.165, 1.54) is 6.26 Å². The van der Waals surface area contributed by atoms with E-state index < -0.39 is 9.84 Å². The van der Waals surface area contributed by atoms with Gasteiger partial charge >= 0.3 is 0 Å². The lowest BCUT2D eigenvalue weighted by Crippen LogP contribution is -2.42. The van der Waals surface area contributed by atoms with Crippen molar-refractivity contribution in [3.05, 3.63) is 24.4 Å². The lowest BCUT2D eigenvalue weighted by Gasteiger charge is -2.21. The number of hydrogen-bond donors (Lipinski definition) is 1. The van der Waals surface area contributed by atoms with Crippen LogP contribution >= 0.6 is 0 Å². The second-order valence-corrected chi connectivity index (χ2v) is 7.51. The summed E-state index contributed by atoms with van der Waals surface area (Å²) in [5.74, 6) is 1.42. The summed E-state index contributed by atoms with van der Waals surface area (Å²) < 4.78 is 28.1. The van der Waals surface area contributed by atoms with Crippen LogP contribution in [0.3, 0.4) is 0 Å². The van der Waals surface area contributed by atoms with Crippen molar-refractivity contribution in [2.75, 3.05) is 38.7 Å². The summed E-state index contributed by atoms with van der Waals surface area (Å²) in [5, 5.41) is 3.08. The Kier molecular flexibility index (Phi) is 5.59. The van der Waals surface area contributed by atoms with Crippen molar-refractivity contribution in [3.8, 4) is 5.88 Å². The van der Waals surface area contributed by atoms with Crippen molar-refractivity contribution in [1.82, 2.24) is 15.2 Å². The Morgan fingerprint density at radius 3 is 3.00 bits per heavy atom. The molecule has 8 heteroatoms. The Bertz CT molecular complexity index is 604. The minimum Gasteiger partial charge on any atom is -0.472 e. The molecule has 0 radical (unpaired) electrons. The van der Waals surface area contributed by atoms with Crippen LogP contribution in [0, 0.1) is 0 Å². The fraction of sp³-hybridized carbons (Fsp3) is 0.571. The second kappa shape index (κ2) is 7.44. The number of ether oxygens (including phenoxy) is 1. The zero-order valence-corrected chi connectivity index (χ0v) is 13.7. The molecular weight excluding hydrogens is 304 g/mol. The number of hydrogen-bond acceptors (Lipinski definition) is 5. The second-order valence-electron chi connectivity index (χ2n) is 5.25. The van der Waals surface area contributed by atoms with Gasteiger partial charge in [-0.2, -0.15) is 0 Å². The predicted molar refractivity (Wildman–Crippen MR) is 85.9 cm³/mol. The predicted octanol–water partition coefficient (Wildman–Crippen LogP) is 0.155. The zero-order chi connectivity index (χ0) is 16.0. The van der Waals surface area contributed by atoms with Crippen molar-refractivity contribution < 1.29 is 13.2 Å². The Labute approximate surface area is 131 Å². The molecule has 1 saturated heterocycles. The van der Waals surface area contributed by atoms with Gasteiger partial charge in [-0.15, -0.1) is 0 Å². The molecule has 122 valence electrons. The zero-order valence-electron chi connectivity index (χ0n) is 12.9. The third-order valence-electron chi connectivity index (χ3n) is 3.34. The fourth-order valence-electron chi connectivity index (χ4n) is 2.28. The van der Waals surface area contributed by atoms with Gasteiger partial charge in [-0.3, -0.25) is 4.99 Å². The van der Waals surface area contributed by atoms with Gasteiger partial charge in [-0.05, 0) is 6.07 Å². The SMILES string of the molecule is CN=C(NCCS(C)(=O)=O)N1CCC(Oc2ccccn2)C1. The van der Waals surface area contributed by atoms with Crippen LogP contribution in [0.15, 0.2) is 29.4 Å². The molecule has 0 spiro atoms. The summed E-state index contributed by atoms with van der Waals surface area (Å²) in [7, 11) is -1.28. The Morgan fingerprint density at radius 1 is 1.55 bits per heavy atom. The van der Waals surface area contributed by atoms with Gasteiger partial charge in [0, 0.05) is 45.1 Å². The quantitative estimate of drug-likeness (QED) is 0.613. The number of rotatable bonds is 5. The van der Waals surface area contributed by atoms with Crippen molar-refractivity contribution in [2.24, 2.45) is 4.99 Å². The Balaban J connectivity index is 1.83. The maximum atomic E-state index is 11.2. The molecule has 0 aliphatic carbocycles. The van der Waals surface area contributed by atoms with Crippen LogP contribution in [-0.4, -0.2) is 69.1 Å². The molecule has 1 unspecified atom stereocenters. The number of guanidine groups is 1. The molecule has 2 rings (SSSR count). The first-order valence-corrected chi connectivity index (χ1v) is 9.25.